The molecule has 1 fully saturated rings. The highest BCUT2D eigenvalue weighted by molar-refractivity contribution is 5.81. The van der Waals surface area contributed by atoms with Crippen LogP contribution >= 0.6 is 0 Å². The van der Waals surface area contributed by atoms with Crippen LogP contribution in [-0.4, -0.2) is 65.4 Å². The van der Waals surface area contributed by atoms with Gasteiger partial charge in [0.05, 0.1) is 0 Å². The third kappa shape index (κ3) is 8.40. The van der Waals surface area contributed by atoms with Crippen molar-refractivity contribution in [1.29, 1.82) is 0 Å². The molecule has 0 bridgehead atoms. The number of likely N-dealkylation sites (tertiary alicyclic amines) is 1. The summed E-state index contributed by atoms with van der Waals surface area (Å²) in [6.07, 6.45) is -4.96. The van der Waals surface area contributed by atoms with Crippen LogP contribution in [0.25, 0.3) is 0 Å². The van der Waals surface area contributed by atoms with E-state index in [2.05, 4.69) is 0 Å². The van der Waals surface area contributed by atoms with Crippen molar-refractivity contribution in [3.8, 4) is 0 Å². The van der Waals surface area contributed by atoms with Gasteiger partial charge in [-0.3, -0.25) is 4.79 Å². The molecule has 0 N–H and O–H groups in total. The highest BCUT2D eigenvalue weighted by Gasteiger charge is 2.36. The molecule has 0 radical (unpaired) electrons. The molecule has 2 amide bonds. The van der Waals surface area contributed by atoms with Crippen molar-refractivity contribution < 1.29 is 32.2 Å². The van der Waals surface area contributed by atoms with Crippen molar-refractivity contribution in [3.63, 3.8) is 0 Å². The van der Waals surface area contributed by atoms with Crippen LogP contribution in [0.5, 0.6) is 0 Å². The molecule has 0 saturated carbocycles. The minimum atomic E-state index is -4.52. The fraction of sp³-hybridized carbons (Fsp3) is 0.636. The number of hydrogen-bond donors (Lipinski definition) is 0. The van der Waals surface area contributed by atoms with E-state index >= 15 is 0 Å². The van der Waals surface area contributed by atoms with E-state index < -0.39 is 36.5 Å². The van der Waals surface area contributed by atoms with Gasteiger partial charge < -0.3 is 19.3 Å². The molecule has 9 heteroatoms. The van der Waals surface area contributed by atoms with Gasteiger partial charge in [-0.1, -0.05) is 30.3 Å². The zero-order chi connectivity index (χ0) is 23.2. The molecule has 1 aromatic rings. The monoisotopic (exact) mass is 444 g/mol. The van der Waals surface area contributed by atoms with E-state index in [0.29, 0.717) is 19.4 Å². The van der Waals surface area contributed by atoms with Gasteiger partial charge in [0, 0.05) is 25.7 Å². The summed E-state index contributed by atoms with van der Waals surface area (Å²) >= 11 is 0. The van der Waals surface area contributed by atoms with Gasteiger partial charge in [0.25, 0.3) is 5.91 Å². The normalized spacial score (nSPS) is 18.4. The first-order valence-corrected chi connectivity index (χ1v) is 10.4. The van der Waals surface area contributed by atoms with Gasteiger partial charge in [0.1, 0.15) is 18.3 Å². The Bertz CT molecular complexity index is 735. The number of benzene rings is 1. The Morgan fingerprint density at radius 3 is 2.42 bits per heavy atom. The number of carbonyl (C=O) groups is 2. The number of hydrogen-bond acceptors (Lipinski definition) is 4. The van der Waals surface area contributed by atoms with E-state index in [1.54, 1.807) is 25.7 Å². The van der Waals surface area contributed by atoms with Gasteiger partial charge in [-0.2, -0.15) is 13.2 Å². The van der Waals surface area contributed by atoms with E-state index in [9.17, 15) is 22.8 Å². The van der Waals surface area contributed by atoms with Crippen LogP contribution in [-0.2, 0) is 20.8 Å². The molecule has 0 unspecified atom stereocenters. The first kappa shape index (κ1) is 25.0. The lowest BCUT2D eigenvalue weighted by molar-refractivity contribution is -0.189. The highest BCUT2D eigenvalue weighted by Crippen LogP contribution is 2.23. The molecule has 1 aliphatic rings. The average Bonchev–Trinajstić information content (AvgIpc) is 2.69. The predicted octanol–water partition coefficient (Wildman–Crippen LogP) is 4.38. The predicted molar refractivity (Wildman–Crippen MR) is 109 cm³/mol. The van der Waals surface area contributed by atoms with E-state index in [1.807, 2.05) is 30.3 Å². The molecule has 0 aliphatic carbocycles. The van der Waals surface area contributed by atoms with Crippen molar-refractivity contribution in [2.24, 2.45) is 0 Å². The number of alkyl halides is 3. The molecule has 1 aromatic carbocycles. The summed E-state index contributed by atoms with van der Waals surface area (Å²) in [5, 5.41) is 0. The zero-order valence-electron chi connectivity index (χ0n) is 18.4. The number of rotatable bonds is 6. The van der Waals surface area contributed by atoms with E-state index in [0.717, 1.165) is 5.56 Å². The molecule has 1 heterocycles. The molecule has 2 rings (SSSR count). The third-order valence-corrected chi connectivity index (χ3v) is 4.81. The van der Waals surface area contributed by atoms with Crippen molar-refractivity contribution in [1.82, 2.24) is 9.80 Å². The SMILES string of the molecule is C[C@H](OCC(F)(F)F)C(=O)N(Cc1ccccc1)[C@@H]1CCCN(C(=O)OC(C)(C)C)C1. The summed E-state index contributed by atoms with van der Waals surface area (Å²) in [7, 11) is 0. The van der Waals surface area contributed by atoms with Crippen LogP contribution in [0, 0.1) is 0 Å². The maximum atomic E-state index is 13.1. The number of carbonyl (C=O) groups excluding carboxylic acids is 2. The summed E-state index contributed by atoms with van der Waals surface area (Å²) in [5.41, 5.74) is 0.192. The second kappa shape index (κ2) is 10.3. The summed E-state index contributed by atoms with van der Waals surface area (Å²) in [6, 6.07) is 8.83. The Kier molecular flexibility index (Phi) is 8.34. The molecular weight excluding hydrogens is 413 g/mol. The number of ether oxygens (including phenoxy) is 2. The zero-order valence-corrected chi connectivity index (χ0v) is 18.4. The van der Waals surface area contributed by atoms with Gasteiger partial charge in [0.2, 0.25) is 0 Å². The number of piperidine rings is 1. The Labute approximate surface area is 181 Å². The van der Waals surface area contributed by atoms with Gasteiger partial charge in [-0.05, 0) is 46.1 Å². The second-order valence-electron chi connectivity index (χ2n) is 8.74. The molecule has 1 aliphatic heterocycles. The van der Waals surface area contributed by atoms with Gasteiger partial charge in [-0.15, -0.1) is 0 Å². The Balaban J connectivity index is 2.17. The number of amides is 2. The molecule has 0 spiro atoms. The third-order valence-electron chi connectivity index (χ3n) is 4.81. The van der Waals surface area contributed by atoms with Gasteiger partial charge >= 0.3 is 12.3 Å². The van der Waals surface area contributed by atoms with Crippen LogP contribution in [0.4, 0.5) is 18.0 Å². The lowest BCUT2D eigenvalue weighted by atomic mass is 10.0. The second-order valence-corrected chi connectivity index (χ2v) is 8.74. The summed E-state index contributed by atoms with van der Waals surface area (Å²) < 4.78 is 47.9. The van der Waals surface area contributed by atoms with Crippen LogP contribution in [0.15, 0.2) is 30.3 Å². The van der Waals surface area contributed by atoms with Crippen molar-refractivity contribution in [3.05, 3.63) is 35.9 Å². The first-order chi connectivity index (χ1) is 14.4. The summed E-state index contributed by atoms with van der Waals surface area (Å²) in [6.45, 7) is 6.12. The highest BCUT2D eigenvalue weighted by atomic mass is 19.4. The van der Waals surface area contributed by atoms with Crippen LogP contribution in [0.2, 0.25) is 0 Å². The maximum absolute atomic E-state index is 13.1. The molecule has 1 saturated heterocycles. The average molecular weight is 444 g/mol. The van der Waals surface area contributed by atoms with E-state index in [1.165, 1.54) is 11.8 Å². The van der Waals surface area contributed by atoms with Crippen LogP contribution in [0.1, 0.15) is 46.1 Å². The Morgan fingerprint density at radius 1 is 1.19 bits per heavy atom. The van der Waals surface area contributed by atoms with Crippen molar-refractivity contribution in [2.45, 2.75) is 71.0 Å². The minimum absolute atomic E-state index is 0.215. The molecular formula is C22H31F3N2O4. The topological polar surface area (TPSA) is 59.1 Å². The lowest BCUT2D eigenvalue weighted by Gasteiger charge is -2.40. The molecule has 2 atom stereocenters. The van der Waals surface area contributed by atoms with E-state index in [-0.39, 0.29) is 19.1 Å². The molecule has 31 heavy (non-hydrogen) atoms. The fourth-order valence-corrected chi connectivity index (χ4v) is 3.39. The maximum Gasteiger partial charge on any atom is 0.411 e. The van der Waals surface area contributed by atoms with Crippen molar-refractivity contribution >= 4 is 12.0 Å². The minimum Gasteiger partial charge on any atom is -0.444 e. The number of nitrogens with zero attached hydrogens (tertiary/aromatic N) is 2. The Hall–Kier alpha value is -2.29. The van der Waals surface area contributed by atoms with E-state index in [4.69, 9.17) is 9.47 Å². The Morgan fingerprint density at radius 2 is 1.84 bits per heavy atom. The van der Waals surface area contributed by atoms with Crippen LogP contribution in [0.3, 0.4) is 0 Å². The largest absolute Gasteiger partial charge is 0.444 e. The standard InChI is InChI=1S/C22H31F3N2O4/c1-16(30-15-22(23,24)25)19(28)27(13-17-9-6-5-7-10-17)18-11-8-12-26(14-18)20(29)31-21(2,3)4/h5-7,9-10,16,18H,8,11-15H2,1-4H3/t16-,18+/m0/s1. The molecule has 174 valence electrons. The van der Waals surface area contributed by atoms with Crippen molar-refractivity contribution in [2.75, 3.05) is 19.7 Å². The summed E-state index contributed by atoms with van der Waals surface area (Å²) in [4.78, 5) is 28.6. The smallest absolute Gasteiger partial charge is 0.411 e. The summed E-state index contributed by atoms with van der Waals surface area (Å²) in [5.74, 6) is -0.538. The molecule has 6 nitrogen and oxygen atoms in total. The fourth-order valence-electron chi connectivity index (χ4n) is 3.39. The number of halogens is 3. The molecule has 0 aromatic heterocycles. The van der Waals surface area contributed by atoms with Gasteiger partial charge in [0.15, 0.2) is 0 Å². The first-order valence-electron chi connectivity index (χ1n) is 10.4. The van der Waals surface area contributed by atoms with Crippen LogP contribution < -0.4 is 0 Å². The quantitative estimate of drug-likeness (QED) is 0.653. The lowest BCUT2D eigenvalue weighted by Crippen LogP contribution is -2.54. The van der Waals surface area contributed by atoms with Gasteiger partial charge in [-0.25, -0.2) is 4.79 Å².